The molecule has 2 aliphatic rings. The first kappa shape index (κ1) is 20.3. The first-order valence-corrected chi connectivity index (χ1v) is 11.3. The summed E-state index contributed by atoms with van der Waals surface area (Å²) < 4.78 is 27.8. The van der Waals surface area contributed by atoms with E-state index in [9.17, 15) is 13.2 Å². The first-order valence-electron chi connectivity index (χ1n) is 9.85. The van der Waals surface area contributed by atoms with Gasteiger partial charge in [0.05, 0.1) is 4.90 Å². The zero-order valence-electron chi connectivity index (χ0n) is 16.5. The largest absolute Gasteiger partial charge is 0.338 e. The van der Waals surface area contributed by atoms with E-state index >= 15 is 0 Å². The Balaban J connectivity index is 1.78. The number of benzene rings is 1. The Hall–Kier alpha value is -1.44. The van der Waals surface area contributed by atoms with Gasteiger partial charge in [0.25, 0.3) is 5.91 Å². The Kier molecular flexibility index (Phi) is 6.23. The van der Waals surface area contributed by atoms with E-state index in [-0.39, 0.29) is 10.8 Å². The number of amides is 1. The molecule has 0 bridgehead atoms. The van der Waals surface area contributed by atoms with Gasteiger partial charge in [0.1, 0.15) is 0 Å². The zero-order chi connectivity index (χ0) is 19.6. The van der Waals surface area contributed by atoms with Gasteiger partial charge in [0, 0.05) is 31.7 Å². The second-order valence-electron chi connectivity index (χ2n) is 8.26. The third-order valence-electron chi connectivity index (χ3n) is 5.62. The Morgan fingerprint density at radius 3 is 2.56 bits per heavy atom. The summed E-state index contributed by atoms with van der Waals surface area (Å²) in [5.41, 5.74) is 0.458. The van der Waals surface area contributed by atoms with Crippen molar-refractivity contribution in [2.45, 2.75) is 31.6 Å². The van der Waals surface area contributed by atoms with Gasteiger partial charge in [-0.2, -0.15) is 4.31 Å². The fourth-order valence-electron chi connectivity index (χ4n) is 4.40. The minimum absolute atomic E-state index is 0.0777. The molecule has 2 saturated heterocycles. The molecule has 2 fully saturated rings. The van der Waals surface area contributed by atoms with Crippen LogP contribution in [0.15, 0.2) is 29.2 Å². The number of carbonyl (C=O) groups excluding carboxylic acids is 1. The molecule has 1 N–H and O–H groups in total. The van der Waals surface area contributed by atoms with Gasteiger partial charge in [0.15, 0.2) is 0 Å². The number of likely N-dealkylation sites (tertiary alicyclic amines) is 1. The topological polar surface area (TPSA) is 69.7 Å². The Bertz CT molecular complexity index is 770. The molecule has 1 aromatic rings. The molecule has 27 heavy (non-hydrogen) atoms. The van der Waals surface area contributed by atoms with E-state index in [1.54, 1.807) is 28.6 Å². The SMILES string of the molecule is CNCC1CCN(C(=O)c2cccc(S(=O)(=O)N3CC(C)CC(C)C3)c2)C1. The highest BCUT2D eigenvalue weighted by atomic mass is 32.2. The summed E-state index contributed by atoms with van der Waals surface area (Å²) in [7, 11) is -1.66. The van der Waals surface area contributed by atoms with Crippen molar-refractivity contribution in [1.82, 2.24) is 14.5 Å². The summed E-state index contributed by atoms with van der Waals surface area (Å²) in [6.45, 7) is 7.61. The van der Waals surface area contributed by atoms with E-state index < -0.39 is 10.0 Å². The molecule has 0 radical (unpaired) electrons. The average Bonchev–Trinajstić information content (AvgIpc) is 3.09. The van der Waals surface area contributed by atoms with Gasteiger partial charge in [0.2, 0.25) is 10.0 Å². The predicted octanol–water partition coefficient (Wildman–Crippen LogP) is 2.03. The molecule has 3 rings (SSSR count). The van der Waals surface area contributed by atoms with Crippen LogP contribution in [0.4, 0.5) is 0 Å². The van der Waals surface area contributed by atoms with E-state index in [0.717, 1.165) is 32.5 Å². The van der Waals surface area contributed by atoms with Crippen LogP contribution >= 0.6 is 0 Å². The van der Waals surface area contributed by atoms with Gasteiger partial charge in [-0.1, -0.05) is 19.9 Å². The number of hydrogen-bond donors (Lipinski definition) is 1. The lowest BCUT2D eigenvalue weighted by molar-refractivity contribution is 0.0787. The third kappa shape index (κ3) is 4.52. The van der Waals surface area contributed by atoms with Crippen LogP contribution in [0.3, 0.4) is 0 Å². The Morgan fingerprint density at radius 2 is 1.89 bits per heavy atom. The lowest BCUT2D eigenvalue weighted by Gasteiger charge is -2.34. The Labute approximate surface area is 163 Å². The second-order valence-corrected chi connectivity index (χ2v) is 10.2. The number of sulfonamides is 1. The maximum Gasteiger partial charge on any atom is 0.253 e. The second kappa shape index (κ2) is 8.29. The highest BCUT2D eigenvalue weighted by Gasteiger charge is 2.32. The van der Waals surface area contributed by atoms with Crippen LogP contribution in [-0.4, -0.2) is 63.3 Å². The molecule has 6 nitrogen and oxygen atoms in total. The van der Waals surface area contributed by atoms with Gasteiger partial charge < -0.3 is 10.2 Å². The molecular weight excluding hydrogens is 362 g/mol. The monoisotopic (exact) mass is 393 g/mol. The van der Waals surface area contributed by atoms with Crippen molar-refractivity contribution in [3.8, 4) is 0 Å². The van der Waals surface area contributed by atoms with E-state index in [1.165, 1.54) is 0 Å². The minimum Gasteiger partial charge on any atom is -0.338 e. The van der Waals surface area contributed by atoms with Crippen molar-refractivity contribution in [3.63, 3.8) is 0 Å². The fourth-order valence-corrected chi connectivity index (χ4v) is 6.12. The normalized spacial score (nSPS) is 27.1. The molecule has 3 atom stereocenters. The lowest BCUT2D eigenvalue weighted by atomic mass is 9.94. The van der Waals surface area contributed by atoms with Crippen LogP contribution in [0.5, 0.6) is 0 Å². The molecule has 2 heterocycles. The van der Waals surface area contributed by atoms with Gasteiger partial charge in [-0.15, -0.1) is 0 Å². The van der Waals surface area contributed by atoms with E-state index in [0.29, 0.717) is 36.4 Å². The molecule has 0 saturated carbocycles. The van der Waals surface area contributed by atoms with E-state index in [1.807, 2.05) is 11.9 Å². The van der Waals surface area contributed by atoms with Crippen molar-refractivity contribution in [1.29, 1.82) is 0 Å². The fraction of sp³-hybridized carbons (Fsp3) is 0.650. The van der Waals surface area contributed by atoms with Gasteiger partial charge in [-0.05, 0) is 62.4 Å². The number of piperidine rings is 1. The van der Waals surface area contributed by atoms with Crippen LogP contribution < -0.4 is 5.32 Å². The molecule has 7 heteroatoms. The number of nitrogens with zero attached hydrogens (tertiary/aromatic N) is 2. The molecule has 1 amide bonds. The first-order chi connectivity index (χ1) is 12.8. The maximum absolute atomic E-state index is 13.1. The lowest BCUT2D eigenvalue weighted by Crippen LogP contribution is -2.42. The maximum atomic E-state index is 13.1. The van der Waals surface area contributed by atoms with Crippen molar-refractivity contribution in [3.05, 3.63) is 29.8 Å². The van der Waals surface area contributed by atoms with Gasteiger partial charge >= 0.3 is 0 Å². The molecule has 0 aromatic heterocycles. The summed E-state index contributed by atoms with van der Waals surface area (Å²) in [4.78, 5) is 14.9. The van der Waals surface area contributed by atoms with Crippen molar-refractivity contribution in [2.24, 2.45) is 17.8 Å². The summed E-state index contributed by atoms with van der Waals surface area (Å²) in [6, 6.07) is 6.54. The summed E-state index contributed by atoms with van der Waals surface area (Å²) >= 11 is 0. The molecule has 0 spiro atoms. The molecule has 3 unspecified atom stereocenters. The van der Waals surface area contributed by atoms with Crippen molar-refractivity contribution < 1.29 is 13.2 Å². The van der Waals surface area contributed by atoms with Gasteiger partial charge in [-0.25, -0.2) is 8.42 Å². The zero-order valence-corrected chi connectivity index (χ0v) is 17.3. The summed E-state index contributed by atoms with van der Waals surface area (Å²) in [5.74, 6) is 1.08. The molecule has 1 aromatic carbocycles. The number of nitrogens with one attached hydrogen (secondary N) is 1. The van der Waals surface area contributed by atoms with E-state index in [4.69, 9.17) is 0 Å². The van der Waals surface area contributed by atoms with Crippen LogP contribution in [0.1, 0.15) is 37.0 Å². The van der Waals surface area contributed by atoms with E-state index in [2.05, 4.69) is 19.2 Å². The van der Waals surface area contributed by atoms with Crippen LogP contribution in [-0.2, 0) is 10.0 Å². The van der Waals surface area contributed by atoms with Crippen LogP contribution in [0, 0.1) is 17.8 Å². The molecule has 2 aliphatic heterocycles. The number of hydrogen-bond acceptors (Lipinski definition) is 4. The smallest absolute Gasteiger partial charge is 0.253 e. The number of rotatable bonds is 5. The average molecular weight is 394 g/mol. The van der Waals surface area contributed by atoms with Crippen LogP contribution in [0.25, 0.3) is 0 Å². The minimum atomic E-state index is -3.57. The quantitative estimate of drug-likeness (QED) is 0.831. The molecule has 0 aliphatic carbocycles. The van der Waals surface area contributed by atoms with Crippen molar-refractivity contribution >= 4 is 15.9 Å². The standard InChI is InChI=1S/C20H31N3O3S/c1-15-9-16(2)13-23(12-15)27(25,26)19-6-4-5-18(10-19)20(24)22-8-7-17(14-22)11-21-3/h4-6,10,15-17,21H,7-9,11-14H2,1-3H3. The molecular formula is C20H31N3O3S. The highest BCUT2D eigenvalue weighted by molar-refractivity contribution is 7.89. The molecule has 150 valence electrons. The van der Waals surface area contributed by atoms with Gasteiger partial charge in [-0.3, -0.25) is 4.79 Å². The van der Waals surface area contributed by atoms with Crippen LogP contribution in [0.2, 0.25) is 0 Å². The van der Waals surface area contributed by atoms with Crippen molar-refractivity contribution in [2.75, 3.05) is 39.8 Å². The number of carbonyl (C=O) groups is 1. The highest BCUT2D eigenvalue weighted by Crippen LogP contribution is 2.27. The third-order valence-corrected chi connectivity index (χ3v) is 7.45. The Morgan fingerprint density at radius 1 is 1.19 bits per heavy atom. The summed E-state index contributed by atoms with van der Waals surface area (Å²) in [6.07, 6.45) is 2.03. The summed E-state index contributed by atoms with van der Waals surface area (Å²) in [5, 5.41) is 3.16. The predicted molar refractivity (Wildman–Crippen MR) is 106 cm³/mol.